The van der Waals surface area contributed by atoms with Crippen LogP contribution in [0.25, 0.3) is 0 Å². The predicted octanol–water partition coefficient (Wildman–Crippen LogP) is -4.93. The number of nitrogens with zero attached hydrogens (tertiary/aromatic N) is 2. The Morgan fingerprint density at radius 3 is 2.35 bits per heavy atom. The molecule has 2 aromatic carbocycles. The van der Waals surface area contributed by atoms with E-state index in [1.807, 2.05) is 80.5 Å². The van der Waals surface area contributed by atoms with Crippen LogP contribution in [0.5, 0.6) is 0 Å². The lowest BCUT2D eigenvalue weighted by Gasteiger charge is -2.59. The Kier molecular flexibility index (Phi) is 7.08. The van der Waals surface area contributed by atoms with Crippen molar-refractivity contribution in [1.29, 1.82) is 0 Å². The third-order valence-corrected chi connectivity index (χ3v) is 10.1. The summed E-state index contributed by atoms with van der Waals surface area (Å²) >= 11 is 0. The van der Waals surface area contributed by atoms with Crippen LogP contribution in [-0.2, 0) is 33.0 Å². The number of morpholine rings is 1. The maximum atomic E-state index is 13.8. The molecule has 0 aliphatic carbocycles. The summed E-state index contributed by atoms with van der Waals surface area (Å²) < 4.78 is 5.47. The monoisotopic (exact) mass is 536 g/mol. The minimum atomic E-state index is -1.25. The Morgan fingerprint density at radius 2 is 1.65 bits per heavy atom. The Bertz CT molecular complexity index is 1380. The van der Waals surface area contributed by atoms with Gasteiger partial charge in [0.2, 0.25) is 11.8 Å². The molecule has 15 heteroatoms. The van der Waals surface area contributed by atoms with Crippen molar-refractivity contribution in [3.05, 3.63) is 64.7 Å². The van der Waals surface area contributed by atoms with Crippen LogP contribution in [0.4, 0.5) is 5.69 Å². The van der Waals surface area contributed by atoms with Crippen molar-refractivity contribution < 1.29 is 24.2 Å². The van der Waals surface area contributed by atoms with E-state index in [-0.39, 0.29) is 18.4 Å². The molecule has 2 unspecified atom stereocenters. The minimum Gasteiger partial charge on any atom is -0.381 e. The van der Waals surface area contributed by atoms with Gasteiger partial charge in [0.25, 0.3) is 5.91 Å². The molecule has 0 saturated carbocycles. The predicted molar refractivity (Wildman–Crippen MR) is 169 cm³/mol. The zero-order chi connectivity index (χ0) is 29.1. The number of aliphatic hydroxyl groups is 1. The molecule has 2 saturated heterocycles. The van der Waals surface area contributed by atoms with Gasteiger partial charge in [0.15, 0.2) is 7.85 Å². The number of carbonyl (C=O) groups excluding carboxylic acids is 3. The van der Waals surface area contributed by atoms with Crippen molar-refractivity contribution in [2.24, 2.45) is 0 Å². The van der Waals surface area contributed by atoms with Gasteiger partial charge < -0.3 is 20.1 Å². The highest BCUT2D eigenvalue weighted by molar-refractivity contribution is 6.66. The van der Waals surface area contributed by atoms with Crippen LogP contribution in [-0.4, -0.2) is 111 Å². The maximum absolute atomic E-state index is 13.8. The molecule has 0 bridgehead atoms. The van der Waals surface area contributed by atoms with Crippen LogP contribution in [0.2, 0.25) is 10.4 Å². The first-order valence-corrected chi connectivity index (χ1v) is 13.9. The number of nitrogens with one attached hydrogen (secondary N) is 2. The van der Waals surface area contributed by atoms with E-state index in [0.29, 0.717) is 38.4 Å². The number of hydrogen-bond donors (Lipinski definition) is 3. The van der Waals surface area contributed by atoms with Gasteiger partial charge in [0, 0.05) is 43.0 Å². The van der Waals surface area contributed by atoms with Gasteiger partial charge in [0.05, 0.1) is 18.7 Å². The number of piperidine rings is 1. The second-order valence-corrected chi connectivity index (χ2v) is 12.5. The summed E-state index contributed by atoms with van der Waals surface area (Å²) in [5.74, 6) is -1.03. The first kappa shape index (κ1) is 28.6. The summed E-state index contributed by atoms with van der Waals surface area (Å²) in [6.45, 7) is 3.12. The van der Waals surface area contributed by atoms with Crippen molar-refractivity contribution in [2.45, 2.75) is 34.6 Å². The number of ether oxygens (including phenoxy) is 1. The summed E-state index contributed by atoms with van der Waals surface area (Å²) in [5.41, 5.74) is 1.49. The molecule has 3 N–H and O–H groups in total. The standard InChI is InChI=1S/C25H34B6N4O5/c26-22(27)20(37)33-21(38)23(28,25(22,30)31)35-13-16-15(19(35)36)5-3-7-18(16)32-12-14-4-1-2-6-17(14)24(29,39)34-8-10-40-11-9-34/h1-7,32,39H,8-13,26-31H2,(H,33,37,38). The van der Waals surface area contributed by atoms with Crippen molar-refractivity contribution in [2.75, 3.05) is 31.6 Å². The van der Waals surface area contributed by atoms with Gasteiger partial charge in [-0.2, -0.15) is 0 Å². The smallest absolute Gasteiger partial charge is 0.254 e. The fraction of sp³-hybridized carbons (Fsp3) is 0.400. The van der Waals surface area contributed by atoms with E-state index in [4.69, 9.17) is 4.74 Å². The van der Waals surface area contributed by atoms with Crippen molar-refractivity contribution in [3.63, 3.8) is 0 Å². The van der Waals surface area contributed by atoms with Gasteiger partial charge in [0.1, 0.15) is 44.9 Å². The fourth-order valence-corrected chi connectivity index (χ4v) is 6.37. The van der Waals surface area contributed by atoms with Crippen LogP contribution < -0.4 is 10.6 Å². The molecule has 0 radical (unpaired) electrons. The number of benzene rings is 2. The van der Waals surface area contributed by atoms with Crippen LogP contribution in [0, 0.1) is 0 Å². The first-order chi connectivity index (χ1) is 18.7. The molecule has 2 fully saturated rings. The lowest BCUT2D eigenvalue weighted by atomic mass is 9.21. The Morgan fingerprint density at radius 1 is 0.975 bits per heavy atom. The molecule has 5 rings (SSSR count). The van der Waals surface area contributed by atoms with Gasteiger partial charge in [-0.25, -0.2) is 0 Å². The molecule has 0 spiro atoms. The number of amides is 3. The number of fused-ring (bicyclic) bond motifs is 1. The quantitative estimate of drug-likeness (QED) is 0.251. The zero-order valence-electron chi connectivity index (χ0n) is 24.3. The second kappa shape index (κ2) is 9.89. The summed E-state index contributed by atoms with van der Waals surface area (Å²) in [4.78, 5) is 43.6. The van der Waals surface area contributed by atoms with Gasteiger partial charge in [-0.3, -0.25) is 24.6 Å². The molecule has 2 atom stereocenters. The minimum absolute atomic E-state index is 0.231. The summed E-state index contributed by atoms with van der Waals surface area (Å²) in [7, 11) is 11.0. The van der Waals surface area contributed by atoms with Gasteiger partial charge >= 0.3 is 0 Å². The Labute approximate surface area is 240 Å². The van der Waals surface area contributed by atoms with Gasteiger partial charge in [-0.15, -0.1) is 0 Å². The lowest BCUT2D eigenvalue weighted by molar-refractivity contribution is -0.140. The highest BCUT2D eigenvalue weighted by atomic mass is 16.5. The molecule has 40 heavy (non-hydrogen) atoms. The second-order valence-electron chi connectivity index (χ2n) is 12.5. The number of hydrogen-bond acceptors (Lipinski definition) is 7. The van der Waals surface area contributed by atoms with Crippen molar-refractivity contribution in [1.82, 2.24) is 15.1 Å². The first-order valence-electron chi connectivity index (χ1n) is 13.9. The van der Waals surface area contributed by atoms with E-state index in [1.54, 1.807) is 18.8 Å². The van der Waals surface area contributed by atoms with E-state index in [2.05, 4.69) is 10.6 Å². The SMILES string of the molecule is BC(O)(c1ccccc1CNc1cccc2c1CN(C1(B)C(=O)NC(=O)C(B)(B)C1(B)B)C2=O)N1CCOCC1. The molecule has 9 nitrogen and oxygen atoms in total. The molecule has 202 valence electrons. The van der Waals surface area contributed by atoms with Crippen LogP contribution in [0.1, 0.15) is 27.0 Å². The van der Waals surface area contributed by atoms with Crippen LogP contribution in [0.3, 0.4) is 0 Å². The summed E-state index contributed by atoms with van der Waals surface area (Å²) in [6, 6.07) is 13.4. The molecule has 3 heterocycles. The number of carbonyl (C=O) groups is 3. The largest absolute Gasteiger partial charge is 0.381 e. The molecular weight excluding hydrogens is 501 g/mol. The topological polar surface area (TPSA) is 111 Å². The molecule has 3 aliphatic heterocycles. The van der Waals surface area contributed by atoms with E-state index in [1.165, 1.54) is 0 Å². The average Bonchev–Trinajstić information content (AvgIpc) is 3.28. The Hall–Kier alpha value is -2.88. The zero-order valence-corrected chi connectivity index (χ0v) is 24.3. The van der Waals surface area contributed by atoms with Crippen LogP contribution >= 0.6 is 0 Å². The Balaban J connectivity index is 1.43. The summed E-state index contributed by atoms with van der Waals surface area (Å²) in [6.07, 6.45) is 0. The fourth-order valence-electron chi connectivity index (χ4n) is 6.37. The summed E-state index contributed by atoms with van der Waals surface area (Å²) in [5, 5.41) is 15.9. The van der Waals surface area contributed by atoms with Crippen molar-refractivity contribution in [3.8, 4) is 0 Å². The molecular formula is C25H34B6N4O5. The number of anilines is 1. The molecule has 0 aromatic heterocycles. The lowest BCUT2D eigenvalue weighted by Crippen LogP contribution is -2.75. The molecule has 2 aromatic rings. The van der Waals surface area contributed by atoms with E-state index < -0.39 is 27.4 Å². The van der Waals surface area contributed by atoms with E-state index in [0.717, 1.165) is 22.4 Å². The molecule has 3 aliphatic rings. The van der Waals surface area contributed by atoms with E-state index in [9.17, 15) is 19.5 Å². The van der Waals surface area contributed by atoms with E-state index >= 15 is 0 Å². The highest BCUT2D eigenvalue weighted by Gasteiger charge is 2.64. The van der Waals surface area contributed by atoms with Gasteiger partial charge in [-0.05, 0) is 28.5 Å². The van der Waals surface area contributed by atoms with Gasteiger partial charge in [-0.1, -0.05) is 35.5 Å². The van der Waals surface area contributed by atoms with Crippen molar-refractivity contribution >= 4 is 70.5 Å². The highest BCUT2D eigenvalue weighted by Crippen LogP contribution is 2.55. The third kappa shape index (κ3) is 4.16. The maximum Gasteiger partial charge on any atom is 0.254 e. The number of imide groups is 1. The van der Waals surface area contributed by atoms with Crippen LogP contribution in [0.15, 0.2) is 42.5 Å². The molecule has 3 amide bonds. The number of rotatable bonds is 6. The third-order valence-electron chi connectivity index (χ3n) is 10.1. The normalized spacial score (nSPS) is 25.6. The average molecular weight is 535 g/mol.